The summed E-state index contributed by atoms with van der Waals surface area (Å²) in [6, 6.07) is 10.7. The van der Waals surface area contributed by atoms with Gasteiger partial charge in [0, 0.05) is 6.54 Å². The van der Waals surface area contributed by atoms with Crippen molar-refractivity contribution in [1.82, 2.24) is 15.2 Å². The Balaban J connectivity index is 2.38. The summed E-state index contributed by atoms with van der Waals surface area (Å²) in [5.41, 5.74) is 7.60. The van der Waals surface area contributed by atoms with Crippen LogP contribution in [0.1, 0.15) is 48.8 Å². The molecule has 2 aromatic rings. The molecule has 0 saturated carbocycles. The molecule has 2 rings (SSSR count). The van der Waals surface area contributed by atoms with Gasteiger partial charge in [-0.3, -0.25) is 10.5 Å². The molecule has 4 nitrogen and oxygen atoms in total. The molecule has 4 heteroatoms. The summed E-state index contributed by atoms with van der Waals surface area (Å²) in [5, 5.41) is 4.50. The number of nitrogens with one attached hydrogen (secondary N) is 1. The Labute approximate surface area is 121 Å². The van der Waals surface area contributed by atoms with Gasteiger partial charge >= 0.3 is 0 Å². The Morgan fingerprint density at radius 3 is 2.75 bits per heavy atom. The van der Waals surface area contributed by atoms with Crippen LogP contribution in [-0.2, 0) is 13.0 Å². The summed E-state index contributed by atoms with van der Waals surface area (Å²) >= 11 is 0. The zero-order valence-electron chi connectivity index (χ0n) is 12.6. The first-order chi connectivity index (χ1) is 9.69. The van der Waals surface area contributed by atoms with Gasteiger partial charge in [-0.1, -0.05) is 37.6 Å². The third-order valence-electron chi connectivity index (χ3n) is 3.52. The number of nitrogens with two attached hydrogens (primary N) is 1. The third kappa shape index (κ3) is 3.08. The van der Waals surface area contributed by atoms with Gasteiger partial charge in [0.05, 0.1) is 17.4 Å². The van der Waals surface area contributed by atoms with E-state index in [9.17, 15) is 0 Å². The van der Waals surface area contributed by atoms with Gasteiger partial charge in [0.2, 0.25) is 0 Å². The van der Waals surface area contributed by atoms with E-state index in [0.717, 1.165) is 30.8 Å². The molecule has 0 bridgehead atoms. The molecule has 20 heavy (non-hydrogen) atoms. The average Bonchev–Trinajstić information content (AvgIpc) is 2.82. The average molecular weight is 272 g/mol. The Morgan fingerprint density at radius 1 is 1.30 bits per heavy atom. The van der Waals surface area contributed by atoms with Gasteiger partial charge < -0.3 is 0 Å². The van der Waals surface area contributed by atoms with Crippen molar-refractivity contribution in [3.05, 3.63) is 52.8 Å². The van der Waals surface area contributed by atoms with Crippen molar-refractivity contribution < 1.29 is 0 Å². The first kappa shape index (κ1) is 14.8. The monoisotopic (exact) mass is 272 g/mol. The smallest absolute Gasteiger partial charge is 0.0878 e. The fraction of sp³-hybridized carbons (Fsp3) is 0.438. The second kappa shape index (κ2) is 6.68. The Kier molecular flexibility index (Phi) is 4.93. The molecule has 3 N–H and O–H groups in total. The van der Waals surface area contributed by atoms with Crippen LogP contribution in [0.25, 0.3) is 0 Å². The molecule has 0 radical (unpaired) electrons. The van der Waals surface area contributed by atoms with Crippen LogP contribution < -0.4 is 11.3 Å². The van der Waals surface area contributed by atoms with Gasteiger partial charge in [0.15, 0.2) is 0 Å². The summed E-state index contributed by atoms with van der Waals surface area (Å²) in [6.07, 6.45) is 2.24. The molecule has 0 aliphatic rings. The highest BCUT2D eigenvalue weighted by Gasteiger charge is 2.17. The largest absolute Gasteiger partial charge is 0.271 e. The summed E-state index contributed by atoms with van der Waals surface area (Å²) in [4.78, 5) is 0. The number of aryl methyl sites for hydroxylation is 3. The zero-order chi connectivity index (χ0) is 14.5. The minimum atomic E-state index is -0.0204. The standard InChI is InChI=1S/C16H24N4/c1-4-7-13-8-6-9-14(11-13)16(18-17)15-10-12(3)19-20(15)5-2/h6,8-11,16,18H,4-5,7,17H2,1-3H3. The maximum atomic E-state index is 5.80. The minimum Gasteiger partial charge on any atom is -0.271 e. The normalized spacial score (nSPS) is 12.6. The molecular weight excluding hydrogens is 248 g/mol. The lowest BCUT2D eigenvalue weighted by Gasteiger charge is -2.18. The number of aromatic nitrogens is 2. The van der Waals surface area contributed by atoms with E-state index in [1.807, 2.05) is 11.6 Å². The maximum absolute atomic E-state index is 5.80. The van der Waals surface area contributed by atoms with Crippen molar-refractivity contribution in [2.45, 2.75) is 46.2 Å². The summed E-state index contributed by atoms with van der Waals surface area (Å²) in [5.74, 6) is 5.80. The predicted molar refractivity (Wildman–Crippen MR) is 82.2 cm³/mol. The van der Waals surface area contributed by atoms with Crippen LogP contribution in [0.5, 0.6) is 0 Å². The van der Waals surface area contributed by atoms with Crippen molar-refractivity contribution in [2.75, 3.05) is 0 Å². The molecule has 0 aliphatic carbocycles. The molecule has 0 aliphatic heterocycles. The molecule has 1 aromatic heterocycles. The van der Waals surface area contributed by atoms with Crippen LogP contribution in [0.15, 0.2) is 30.3 Å². The van der Waals surface area contributed by atoms with Crippen LogP contribution >= 0.6 is 0 Å². The van der Waals surface area contributed by atoms with Crippen molar-refractivity contribution in [2.24, 2.45) is 5.84 Å². The highest BCUT2D eigenvalue weighted by atomic mass is 15.3. The lowest BCUT2D eigenvalue weighted by atomic mass is 9.99. The molecule has 0 amide bonds. The third-order valence-corrected chi connectivity index (χ3v) is 3.52. The van der Waals surface area contributed by atoms with Gasteiger partial charge in [-0.2, -0.15) is 5.10 Å². The lowest BCUT2D eigenvalue weighted by molar-refractivity contribution is 0.542. The molecule has 0 fully saturated rings. The first-order valence-electron chi connectivity index (χ1n) is 7.28. The summed E-state index contributed by atoms with van der Waals surface area (Å²) in [6.45, 7) is 7.14. The molecule has 0 saturated heterocycles. The van der Waals surface area contributed by atoms with Crippen LogP contribution in [0.3, 0.4) is 0 Å². The number of nitrogens with zero attached hydrogens (tertiary/aromatic N) is 2. The number of hydrogen-bond acceptors (Lipinski definition) is 3. The van der Waals surface area contributed by atoms with Crippen LogP contribution in [0.4, 0.5) is 0 Å². The fourth-order valence-electron chi connectivity index (χ4n) is 2.62. The Hall–Kier alpha value is -1.65. The van der Waals surface area contributed by atoms with E-state index in [1.165, 1.54) is 11.1 Å². The molecule has 1 heterocycles. The van der Waals surface area contributed by atoms with Gasteiger partial charge in [-0.05, 0) is 37.5 Å². The molecule has 0 spiro atoms. The quantitative estimate of drug-likeness (QED) is 0.628. The minimum absolute atomic E-state index is 0.0204. The summed E-state index contributed by atoms with van der Waals surface area (Å²) in [7, 11) is 0. The van der Waals surface area contributed by atoms with Crippen molar-refractivity contribution in [1.29, 1.82) is 0 Å². The molecule has 1 atom stereocenters. The van der Waals surface area contributed by atoms with Crippen molar-refractivity contribution in [3.8, 4) is 0 Å². The van der Waals surface area contributed by atoms with Crippen molar-refractivity contribution in [3.63, 3.8) is 0 Å². The second-order valence-electron chi connectivity index (χ2n) is 5.12. The number of rotatable bonds is 6. The zero-order valence-corrected chi connectivity index (χ0v) is 12.6. The second-order valence-corrected chi connectivity index (χ2v) is 5.12. The highest BCUT2D eigenvalue weighted by molar-refractivity contribution is 5.32. The molecule has 108 valence electrons. The maximum Gasteiger partial charge on any atom is 0.0878 e. The lowest BCUT2D eigenvalue weighted by Crippen LogP contribution is -2.30. The molecule has 1 unspecified atom stereocenters. The van der Waals surface area contributed by atoms with Crippen molar-refractivity contribution >= 4 is 0 Å². The van der Waals surface area contributed by atoms with E-state index >= 15 is 0 Å². The fourth-order valence-corrected chi connectivity index (χ4v) is 2.62. The Morgan fingerprint density at radius 2 is 2.10 bits per heavy atom. The number of hydrogen-bond donors (Lipinski definition) is 2. The van der Waals surface area contributed by atoms with Gasteiger partial charge in [0.1, 0.15) is 0 Å². The van der Waals surface area contributed by atoms with Gasteiger partial charge in [0.25, 0.3) is 0 Å². The van der Waals surface area contributed by atoms with E-state index in [-0.39, 0.29) is 6.04 Å². The number of hydrazine groups is 1. The molecular formula is C16H24N4. The van der Waals surface area contributed by atoms with Crippen LogP contribution in [0, 0.1) is 6.92 Å². The number of benzene rings is 1. The van der Waals surface area contributed by atoms with Crippen LogP contribution in [-0.4, -0.2) is 9.78 Å². The van der Waals surface area contributed by atoms with E-state index in [2.05, 4.69) is 54.7 Å². The van der Waals surface area contributed by atoms with Crippen LogP contribution in [0.2, 0.25) is 0 Å². The van der Waals surface area contributed by atoms with E-state index in [0.29, 0.717) is 0 Å². The first-order valence-corrected chi connectivity index (χ1v) is 7.28. The van der Waals surface area contributed by atoms with E-state index in [4.69, 9.17) is 5.84 Å². The summed E-state index contributed by atoms with van der Waals surface area (Å²) < 4.78 is 2.01. The Bertz CT molecular complexity index is 559. The van der Waals surface area contributed by atoms with E-state index < -0.39 is 0 Å². The molecule has 1 aromatic carbocycles. The van der Waals surface area contributed by atoms with Gasteiger partial charge in [-0.15, -0.1) is 0 Å². The highest BCUT2D eigenvalue weighted by Crippen LogP contribution is 2.23. The van der Waals surface area contributed by atoms with Gasteiger partial charge in [-0.25, -0.2) is 5.43 Å². The van der Waals surface area contributed by atoms with E-state index in [1.54, 1.807) is 0 Å². The predicted octanol–water partition coefficient (Wildman–Crippen LogP) is 2.72. The topological polar surface area (TPSA) is 55.9 Å². The SMILES string of the molecule is CCCc1cccc(C(NN)c2cc(C)nn2CC)c1.